The Labute approximate surface area is 50.0 Å². The van der Waals surface area contributed by atoms with E-state index < -0.39 is 0 Å². The molecule has 19 valence electrons. The quantitative estimate of drug-likeness (QED) is 0.328. The summed E-state index contributed by atoms with van der Waals surface area (Å²) in [7, 11) is 0. The van der Waals surface area contributed by atoms with Gasteiger partial charge in [0, 0.05) is 32.7 Å². The van der Waals surface area contributed by atoms with E-state index in [0.29, 0.717) is 0 Å². The number of hydrogen-bond donors (Lipinski definition) is 0. The second-order valence-electron chi connectivity index (χ2n) is 0.118. The Balaban J connectivity index is 0. The molecule has 0 aliphatic heterocycles. The maximum Gasteiger partial charge on any atom is 0 e. The van der Waals surface area contributed by atoms with Crippen LogP contribution in [0.2, 0.25) is 0 Å². The first-order valence-electron chi connectivity index (χ1n) is 0.493. The van der Waals surface area contributed by atoms with E-state index in [1.54, 1.807) is 0 Å². The zero-order valence-electron chi connectivity index (χ0n) is 2.06. The Bertz CT molecular complexity index is 27.0. The van der Waals surface area contributed by atoms with Crippen LogP contribution in [0.3, 0.4) is 0 Å². The molecule has 0 aromatic carbocycles. The fourth-order valence-corrected chi connectivity index (χ4v) is 0. The van der Waals surface area contributed by atoms with Crippen molar-refractivity contribution in [1.82, 2.24) is 0 Å². The normalized spacial score (nSPS) is 2.00. The molecule has 0 fully saturated rings. The van der Waals surface area contributed by atoms with Gasteiger partial charge in [0.15, 0.2) is 0 Å². The van der Waals surface area contributed by atoms with E-state index in [0.717, 1.165) is 5.94 Å². The summed E-state index contributed by atoms with van der Waals surface area (Å²) in [5.74, 6) is 1.00. The van der Waals surface area contributed by atoms with E-state index in [-0.39, 0.29) is 32.7 Å². The molecule has 0 N–H and O–H groups in total. The van der Waals surface area contributed by atoms with Crippen LogP contribution in [0, 0.1) is 6.58 Å². The topological polar surface area (TPSA) is 17.1 Å². The van der Waals surface area contributed by atoms with Crippen molar-refractivity contribution in [3.05, 3.63) is 6.58 Å². The van der Waals surface area contributed by atoms with Gasteiger partial charge < -0.3 is 6.58 Å². The molecule has 0 amide bonds. The number of carbonyl (C=O) groups excluding carboxylic acids is 1. The monoisotopic (exact) mass is 130 g/mol. The van der Waals surface area contributed by atoms with Crippen LogP contribution < -0.4 is 0 Å². The second kappa shape index (κ2) is 9.60. The maximum absolute atomic E-state index is 8.46. The van der Waals surface area contributed by atoms with Crippen molar-refractivity contribution in [2.45, 2.75) is 0 Å². The van der Waals surface area contributed by atoms with Crippen LogP contribution in [0.5, 0.6) is 0 Å². The standard InChI is InChI=1S/C2HO.Y/c1-2-3;/h1H;/q-1;. The predicted octanol–water partition coefficient (Wildman–Crippen LogP) is -0.195. The molecule has 0 bridgehead atoms. The molecule has 0 saturated heterocycles. The van der Waals surface area contributed by atoms with Crippen LogP contribution in [-0.4, -0.2) is 5.94 Å². The van der Waals surface area contributed by atoms with Gasteiger partial charge in [-0.3, -0.25) is 4.79 Å². The van der Waals surface area contributed by atoms with Crippen LogP contribution in [-0.2, 0) is 37.5 Å². The van der Waals surface area contributed by atoms with E-state index in [1.807, 2.05) is 0 Å². The van der Waals surface area contributed by atoms with Gasteiger partial charge in [0.05, 0.1) is 0 Å². The van der Waals surface area contributed by atoms with Crippen molar-refractivity contribution < 1.29 is 37.5 Å². The minimum absolute atomic E-state index is 0. The first-order valence-corrected chi connectivity index (χ1v) is 0.493. The molecule has 0 aliphatic rings. The fraction of sp³-hybridized carbons (Fsp3) is 0. The van der Waals surface area contributed by atoms with Gasteiger partial charge in [-0.1, -0.05) is 5.94 Å². The molecule has 1 nitrogen and oxygen atoms in total. The molecule has 2 heteroatoms. The fourth-order valence-electron chi connectivity index (χ4n) is 0. The number of rotatable bonds is 0. The van der Waals surface area contributed by atoms with Gasteiger partial charge in [0.25, 0.3) is 0 Å². The predicted molar refractivity (Wildman–Crippen MR) is 9.99 cm³/mol. The third-order valence-corrected chi connectivity index (χ3v) is 0. The second-order valence-corrected chi connectivity index (χ2v) is 0.118. The van der Waals surface area contributed by atoms with E-state index in [2.05, 4.69) is 6.58 Å². The van der Waals surface area contributed by atoms with E-state index in [4.69, 9.17) is 4.79 Å². The summed E-state index contributed by atoms with van der Waals surface area (Å²) < 4.78 is 0. The third kappa shape index (κ3) is 20.1. The first kappa shape index (κ1) is 8.82. The Morgan fingerprint density at radius 1 is 1.75 bits per heavy atom. The molecule has 0 aromatic rings. The van der Waals surface area contributed by atoms with Crippen molar-refractivity contribution in [2.24, 2.45) is 0 Å². The van der Waals surface area contributed by atoms with Crippen LogP contribution in [0.25, 0.3) is 0 Å². The Morgan fingerprint density at radius 3 is 1.75 bits per heavy atom. The van der Waals surface area contributed by atoms with Crippen molar-refractivity contribution >= 4 is 5.94 Å². The van der Waals surface area contributed by atoms with Crippen molar-refractivity contribution in [2.75, 3.05) is 0 Å². The van der Waals surface area contributed by atoms with Gasteiger partial charge in [0.2, 0.25) is 0 Å². The summed E-state index contributed by atoms with van der Waals surface area (Å²) >= 11 is 0. The molecule has 0 unspecified atom stereocenters. The summed E-state index contributed by atoms with van der Waals surface area (Å²) in [6.07, 6.45) is 0. The van der Waals surface area contributed by atoms with Gasteiger partial charge >= 0.3 is 0 Å². The average molecular weight is 130 g/mol. The molecule has 4 heavy (non-hydrogen) atoms. The summed E-state index contributed by atoms with van der Waals surface area (Å²) in [6, 6.07) is 0. The summed E-state index contributed by atoms with van der Waals surface area (Å²) in [6.45, 7) is 4.04. The van der Waals surface area contributed by atoms with Gasteiger partial charge in [-0.15, -0.1) is 0 Å². The zero-order valence-corrected chi connectivity index (χ0v) is 4.90. The minimum Gasteiger partial charge on any atom is -0.420 e. The van der Waals surface area contributed by atoms with Crippen molar-refractivity contribution in [1.29, 1.82) is 0 Å². The molecule has 0 spiro atoms. The molecule has 0 heterocycles. The molecular formula is C2HOY-. The van der Waals surface area contributed by atoms with Gasteiger partial charge in [-0.2, -0.15) is 0 Å². The van der Waals surface area contributed by atoms with Crippen molar-refractivity contribution in [3.63, 3.8) is 0 Å². The summed E-state index contributed by atoms with van der Waals surface area (Å²) in [5.41, 5.74) is 0. The third-order valence-electron chi connectivity index (χ3n) is 0. The molecule has 1 radical (unpaired) electrons. The SMILES string of the molecule is [CH-]=C=O.[Y]. The van der Waals surface area contributed by atoms with Crippen LogP contribution in [0.4, 0.5) is 0 Å². The maximum atomic E-state index is 8.46. The molecule has 0 saturated carbocycles. The van der Waals surface area contributed by atoms with Crippen LogP contribution >= 0.6 is 0 Å². The molecule has 0 aromatic heterocycles. The first-order chi connectivity index (χ1) is 1.41. The summed E-state index contributed by atoms with van der Waals surface area (Å²) in [4.78, 5) is 8.46. The average Bonchev–Trinajstić information content (AvgIpc) is 0.918. The molecule has 0 rings (SSSR count). The molecule has 0 atom stereocenters. The van der Waals surface area contributed by atoms with Crippen LogP contribution in [0.15, 0.2) is 0 Å². The van der Waals surface area contributed by atoms with E-state index in [1.165, 1.54) is 0 Å². The number of hydrogen-bond acceptors (Lipinski definition) is 1. The molecular weight excluding hydrogens is 129 g/mol. The van der Waals surface area contributed by atoms with Gasteiger partial charge in [0.1, 0.15) is 0 Å². The van der Waals surface area contributed by atoms with Crippen LogP contribution in [0.1, 0.15) is 0 Å². The van der Waals surface area contributed by atoms with Crippen molar-refractivity contribution in [3.8, 4) is 0 Å². The summed E-state index contributed by atoms with van der Waals surface area (Å²) in [5, 5.41) is 0. The zero-order chi connectivity index (χ0) is 2.71. The smallest absolute Gasteiger partial charge is 0 e. The van der Waals surface area contributed by atoms with E-state index in [9.17, 15) is 0 Å². The largest absolute Gasteiger partial charge is 0.420 e. The van der Waals surface area contributed by atoms with E-state index >= 15 is 0 Å². The van der Waals surface area contributed by atoms with Gasteiger partial charge in [-0.25, -0.2) is 0 Å². The Hall–Kier alpha value is 0.554. The van der Waals surface area contributed by atoms with Gasteiger partial charge in [-0.05, 0) is 0 Å². The molecule has 0 aliphatic carbocycles. The minimum atomic E-state index is 0. The Morgan fingerprint density at radius 2 is 1.75 bits per heavy atom. The Kier molecular flexibility index (Phi) is 21.2.